The van der Waals surface area contributed by atoms with E-state index >= 15 is 0 Å². The van der Waals surface area contributed by atoms with Crippen LogP contribution in [0.4, 0.5) is 4.39 Å². The van der Waals surface area contributed by atoms with Crippen molar-refractivity contribution < 1.29 is 9.13 Å². The van der Waals surface area contributed by atoms with Crippen molar-refractivity contribution in [2.24, 2.45) is 4.40 Å². The Bertz CT molecular complexity index is 541. The van der Waals surface area contributed by atoms with Gasteiger partial charge < -0.3 is 4.74 Å². The smallest absolute Gasteiger partial charge is 0.135 e. The molecule has 2 rings (SSSR count). The molecule has 1 aromatic carbocycles. The van der Waals surface area contributed by atoms with E-state index in [4.69, 9.17) is 4.74 Å². The van der Waals surface area contributed by atoms with Crippen LogP contribution < -0.4 is 4.74 Å². The second-order valence-corrected chi connectivity index (χ2v) is 8.63. The molecule has 1 heterocycles. The minimum absolute atomic E-state index is 0.0667. The summed E-state index contributed by atoms with van der Waals surface area (Å²) in [4.78, 5) is 0. The van der Waals surface area contributed by atoms with Crippen molar-refractivity contribution in [3.8, 4) is 5.75 Å². The molecule has 0 fully saturated rings. The van der Waals surface area contributed by atoms with Gasteiger partial charge in [0.2, 0.25) is 0 Å². The molecule has 5 heteroatoms. The molecule has 0 saturated carbocycles. The predicted octanol–water partition coefficient (Wildman–Crippen LogP) is 4.82. The van der Waals surface area contributed by atoms with Crippen LogP contribution in [0, 0.1) is 5.82 Å². The maximum atomic E-state index is 13.9. The SMILES string of the molecule is CC1(CI)Cc2c(F)ccc(/C=N/SC(C)(C)C)c2O1. The fourth-order valence-electron chi connectivity index (χ4n) is 1.98. The third-order valence-corrected chi connectivity index (χ3v) is 5.31. The summed E-state index contributed by atoms with van der Waals surface area (Å²) in [5, 5.41) is 0. The van der Waals surface area contributed by atoms with E-state index in [2.05, 4.69) is 47.8 Å². The Labute approximate surface area is 137 Å². The van der Waals surface area contributed by atoms with Gasteiger partial charge in [-0.3, -0.25) is 0 Å². The molecule has 0 aliphatic carbocycles. The van der Waals surface area contributed by atoms with Crippen LogP contribution in [0.2, 0.25) is 0 Å². The van der Waals surface area contributed by atoms with Gasteiger partial charge in [0.25, 0.3) is 0 Å². The molecule has 20 heavy (non-hydrogen) atoms. The fraction of sp³-hybridized carbons (Fsp3) is 0.533. The molecule has 1 aliphatic heterocycles. The first-order valence-corrected chi connectivity index (χ1v) is 8.82. The molecule has 2 nitrogen and oxygen atoms in total. The summed E-state index contributed by atoms with van der Waals surface area (Å²) >= 11 is 3.78. The quantitative estimate of drug-likeness (QED) is 0.310. The van der Waals surface area contributed by atoms with Crippen molar-refractivity contribution in [1.82, 2.24) is 0 Å². The topological polar surface area (TPSA) is 21.6 Å². The van der Waals surface area contributed by atoms with Gasteiger partial charge in [0, 0.05) is 32.9 Å². The van der Waals surface area contributed by atoms with E-state index in [-0.39, 0.29) is 16.2 Å². The molecule has 0 bridgehead atoms. The van der Waals surface area contributed by atoms with Crippen molar-refractivity contribution in [3.05, 3.63) is 29.1 Å². The molecule has 0 saturated heterocycles. The van der Waals surface area contributed by atoms with Crippen LogP contribution in [-0.4, -0.2) is 21.0 Å². The number of alkyl halides is 1. The molecule has 0 N–H and O–H groups in total. The molecule has 0 radical (unpaired) electrons. The van der Waals surface area contributed by atoms with E-state index in [1.807, 2.05) is 6.92 Å². The second-order valence-electron chi connectivity index (χ2n) is 6.24. The average Bonchev–Trinajstić information content (AvgIpc) is 2.71. The number of rotatable bonds is 3. The molecule has 0 spiro atoms. The highest BCUT2D eigenvalue weighted by atomic mass is 127. The number of hydrogen-bond acceptors (Lipinski definition) is 3. The predicted molar refractivity (Wildman–Crippen MR) is 93.0 cm³/mol. The monoisotopic (exact) mass is 407 g/mol. The summed E-state index contributed by atoms with van der Waals surface area (Å²) in [5.41, 5.74) is 1.21. The minimum atomic E-state index is -0.315. The number of ether oxygens (including phenoxy) is 1. The lowest BCUT2D eigenvalue weighted by Crippen LogP contribution is -2.32. The lowest BCUT2D eigenvalue weighted by Gasteiger charge is -2.21. The van der Waals surface area contributed by atoms with Crippen LogP contribution in [0.15, 0.2) is 16.5 Å². The molecule has 0 amide bonds. The zero-order valence-electron chi connectivity index (χ0n) is 12.2. The van der Waals surface area contributed by atoms with E-state index in [1.54, 1.807) is 12.3 Å². The van der Waals surface area contributed by atoms with Crippen molar-refractivity contribution in [3.63, 3.8) is 0 Å². The lowest BCUT2D eigenvalue weighted by molar-refractivity contribution is 0.147. The number of benzene rings is 1. The van der Waals surface area contributed by atoms with Crippen molar-refractivity contribution in [1.29, 1.82) is 0 Å². The van der Waals surface area contributed by atoms with Gasteiger partial charge in [0.05, 0.1) is 0 Å². The lowest BCUT2D eigenvalue weighted by atomic mass is 10.00. The van der Waals surface area contributed by atoms with E-state index < -0.39 is 0 Å². The van der Waals surface area contributed by atoms with Crippen LogP contribution in [0.25, 0.3) is 0 Å². The van der Waals surface area contributed by atoms with Crippen molar-refractivity contribution in [2.75, 3.05) is 4.43 Å². The molecule has 0 aromatic heterocycles. The van der Waals surface area contributed by atoms with Gasteiger partial charge in [-0.25, -0.2) is 8.79 Å². The van der Waals surface area contributed by atoms with Crippen LogP contribution >= 0.6 is 34.5 Å². The van der Waals surface area contributed by atoms with Gasteiger partial charge in [-0.1, -0.05) is 22.6 Å². The average molecular weight is 407 g/mol. The summed E-state index contributed by atoms with van der Waals surface area (Å²) in [7, 11) is 0. The standard InChI is InChI=1S/C15H19FINOS/c1-14(2,3)20-18-8-10-5-6-12(16)11-7-15(4,9-17)19-13(10)11/h5-6,8H,7,9H2,1-4H3/b18-8+. The number of nitrogens with zero attached hydrogens (tertiary/aromatic N) is 1. The van der Waals surface area contributed by atoms with E-state index in [0.29, 0.717) is 17.7 Å². The summed E-state index contributed by atoms with van der Waals surface area (Å²) < 4.78 is 25.2. The van der Waals surface area contributed by atoms with E-state index in [1.165, 1.54) is 18.0 Å². The van der Waals surface area contributed by atoms with E-state index in [0.717, 1.165) is 9.99 Å². The Kier molecular flexibility index (Phi) is 4.69. The summed E-state index contributed by atoms with van der Waals surface area (Å²) in [6.07, 6.45) is 2.39. The Balaban J connectivity index is 2.28. The molecule has 1 aromatic rings. The maximum Gasteiger partial charge on any atom is 0.135 e. The first-order chi connectivity index (χ1) is 9.24. The zero-order valence-corrected chi connectivity index (χ0v) is 15.1. The normalized spacial score (nSPS) is 22.1. The second kappa shape index (κ2) is 5.83. The first-order valence-electron chi connectivity index (χ1n) is 6.52. The van der Waals surface area contributed by atoms with E-state index in [9.17, 15) is 4.39 Å². The van der Waals surface area contributed by atoms with Crippen LogP contribution in [-0.2, 0) is 6.42 Å². The van der Waals surface area contributed by atoms with Crippen molar-refractivity contribution >= 4 is 40.8 Å². The number of fused-ring (bicyclic) bond motifs is 1. The maximum absolute atomic E-state index is 13.9. The number of halogens is 2. The zero-order chi connectivity index (χ0) is 15.0. The highest BCUT2D eigenvalue weighted by Crippen LogP contribution is 2.40. The number of hydrogen-bond donors (Lipinski definition) is 0. The summed E-state index contributed by atoms with van der Waals surface area (Å²) in [6, 6.07) is 3.24. The summed E-state index contributed by atoms with van der Waals surface area (Å²) in [5.74, 6) is 0.469. The Hall–Kier alpha value is -0.300. The Morgan fingerprint density at radius 3 is 2.80 bits per heavy atom. The largest absolute Gasteiger partial charge is 0.485 e. The molecule has 1 atom stereocenters. The third kappa shape index (κ3) is 3.67. The Morgan fingerprint density at radius 1 is 1.50 bits per heavy atom. The molecule has 110 valence electrons. The molecular formula is C15H19FINOS. The summed E-state index contributed by atoms with van der Waals surface area (Å²) in [6.45, 7) is 8.33. The molecule has 1 unspecified atom stereocenters. The van der Waals surface area contributed by atoms with Gasteiger partial charge >= 0.3 is 0 Å². The van der Waals surface area contributed by atoms with Crippen molar-refractivity contribution in [2.45, 2.75) is 44.5 Å². The molecule has 1 aliphatic rings. The van der Waals surface area contributed by atoms with Gasteiger partial charge in [-0.05, 0) is 51.8 Å². The van der Waals surface area contributed by atoms with Crippen LogP contribution in [0.1, 0.15) is 38.8 Å². The highest BCUT2D eigenvalue weighted by molar-refractivity contribution is 14.1. The van der Waals surface area contributed by atoms with Gasteiger partial charge in [-0.2, -0.15) is 0 Å². The molecular weight excluding hydrogens is 388 g/mol. The van der Waals surface area contributed by atoms with Gasteiger partial charge in [-0.15, -0.1) is 0 Å². The fourth-order valence-corrected chi connectivity index (χ4v) is 2.89. The van der Waals surface area contributed by atoms with Crippen LogP contribution in [0.3, 0.4) is 0 Å². The minimum Gasteiger partial charge on any atom is -0.485 e. The highest BCUT2D eigenvalue weighted by Gasteiger charge is 2.36. The van der Waals surface area contributed by atoms with Gasteiger partial charge in [0.1, 0.15) is 17.2 Å². The van der Waals surface area contributed by atoms with Gasteiger partial charge in [0.15, 0.2) is 0 Å². The third-order valence-electron chi connectivity index (χ3n) is 2.93. The first kappa shape index (κ1) is 16.1. The Morgan fingerprint density at radius 2 is 2.20 bits per heavy atom. The van der Waals surface area contributed by atoms with Crippen LogP contribution in [0.5, 0.6) is 5.75 Å².